The number of nitrogens with one attached hydrogen (secondary N) is 1. The standard InChI is InChI=1S/C37H40BrN3O10/c1-20(5-4-8-29(43)40-18-23-7-3-2-6-22(23)15-26(40)19-42)37(50)27-16-24(38)11-14-28(27)41(36(37)49)17-21-9-12-25(13-10-21)39-34(47)33-31(45)30(44)32(46)35(48)51-33/h2-7,9-14,16,20,26,30-33,35,42,44-46,48,50H,8,15,17-19H2,1H3,(H,39,47)/b5-4+/t20-,26-,30-,31-,32+,33-,35+,37+/m0/s1. The van der Waals surface area contributed by atoms with Gasteiger partial charge >= 0.3 is 0 Å². The molecule has 3 aromatic rings. The van der Waals surface area contributed by atoms with E-state index in [9.17, 15) is 45.0 Å². The minimum Gasteiger partial charge on any atom is -0.394 e. The molecule has 0 spiro atoms. The van der Waals surface area contributed by atoms with Crippen molar-refractivity contribution < 1.29 is 49.8 Å². The molecule has 0 saturated carbocycles. The van der Waals surface area contributed by atoms with Crippen molar-refractivity contribution >= 4 is 45.0 Å². The Kier molecular flexibility index (Phi) is 10.8. The molecule has 51 heavy (non-hydrogen) atoms. The predicted molar refractivity (Wildman–Crippen MR) is 188 cm³/mol. The molecule has 3 aliphatic heterocycles. The number of rotatable bonds is 9. The lowest BCUT2D eigenvalue weighted by molar-refractivity contribution is -0.274. The molecule has 3 amide bonds. The van der Waals surface area contributed by atoms with Crippen LogP contribution in [-0.2, 0) is 44.2 Å². The molecule has 6 rings (SSSR count). The summed E-state index contributed by atoms with van der Waals surface area (Å²) in [6, 6.07) is 19.2. The summed E-state index contributed by atoms with van der Waals surface area (Å²) in [7, 11) is 0. The number of fused-ring (bicyclic) bond motifs is 2. The molecular weight excluding hydrogens is 726 g/mol. The van der Waals surface area contributed by atoms with Crippen LogP contribution in [-0.4, -0.2) is 96.6 Å². The number of amides is 3. The van der Waals surface area contributed by atoms with Crippen LogP contribution in [0.3, 0.4) is 0 Å². The van der Waals surface area contributed by atoms with Crippen molar-refractivity contribution in [3.8, 4) is 0 Å². The molecule has 13 nitrogen and oxygen atoms in total. The topological polar surface area (TPSA) is 200 Å². The van der Waals surface area contributed by atoms with Crippen molar-refractivity contribution in [2.24, 2.45) is 5.92 Å². The summed E-state index contributed by atoms with van der Waals surface area (Å²) in [5.41, 5.74) is 2.10. The third-order valence-corrected chi connectivity index (χ3v) is 10.4. The highest BCUT2D eigenvalue weighted by atomic mass is 79.9. The van der Waals surface area contributed by atoms with Gasteiger partial charge in [-0.1, -0.05) is 71.4 Å². The van der Waals surface area contributed by atoms with Crippen molar-refractivity contribution in [3.05, 3.63) is 106 Å². The van der Waals surface area contributed by atoms with Gasteiger partial charge in [-0.3, -0.25) is 14.4 Å². The van der Waals surface area contributed by atoms with Crippen LogP contribution in [0.4, 0.5) is 11.4 Å². The molecule has 1 fully saturated rings. The van der Waals surface area contributed by atoms with E-state index in [0.717, 1.165) is 11.1 Å². The molecule has 3 aromatic carbocycles. The van der Waals surface area contributed by atoms with Crippen molar-refractivity contribution in [1.82, 2.24) is 4.90 Å². The number of halogens is 1. The van der Waals surface area contributed by atoms with Crippen molar-refractivity contribution in [2.75, 3.05) is 16.8 Å². The highest BCUT2D eigenvalue weighted by molar-refractivity contribution is 9.10. The predicted octanol–water partition coefficient (Wildman–Crippen LogP) is 1.45. The van der Waals surface area contributed by atoms with E-state index in [1.807, 2.05) is 24.3 Å². The highest BCUT2D eigenvalue weighted by Crippen LogP contribution is 2.47. The summed E-state index contributed by atoms with van der Waals surface area (Å²) in [6.45, 7) is 2.03. The molecule has 0 aromatic heterocycles. The first-order valence-corrected chi connectivity index (χ1v) is 17.4. The van der Waals surface area contributed by atoms with Gasteiger partial charge in [0.15, 0.2) is 18.0 Å². The molecule has 1 saturated heterocycles. The third-order valence-electron chi connectivity index (χ3n) is 9.90. The average Bonchev–Trinajstić information content (AvgIpc) is 3.33. The zero-order valence-corrected chi connectivity index (χ0v) is 29.3. The molecule has 0 radical (unpaired) electrons. The normalized spacial score (nSPS) is 28.0. The monoisotopic (exact) mass is 765 g/mol. The van der Waals surface area contributed by atoms with E-state index in [-0.39, 0.29) is 31.5 Å². The maximum atomic E-state index is 14.0. The Labute approximate surface area is 302 Å². The van der Waals surface area contributed by atoms with Crippen molar-refractivity contribution in [3.63, 3.8) is 0 Å². The molecule has 270 valence electrons. The summed E-state index contributed by atoms with van der Waals surface area (Å²) in [4.78, 5) is 43.2. The van der Waals surface area contributed by atoms with Gasteiger partial charge in [-0.2, -0.15) is 0 Å². The van der Waals surface area contributed by atoms with E-state index in [0.29, 0.717) is 39.9 Å². The van der Waals surface area contributed by atoms with Crippen LogP contribution in [0.25, 0.3) is 0 Å². The van der Waals surface area contributed by atoms with Gasteiger partial charge in [0.25, 0.3) is 11.8 Å². The van der Waals surface area contributed by atoms with Gasteiger partial charge in [0.05, 0.1) is 24.9 Å². The summed E-state index contributed by atoms with van der Waals surface area (Å²) in [6.07, 6.45) is -4.92. The fourth-order valence-corrected chi connectivity index (χ4v) is 7.28. The smallest absolute Gasteiger partial charge is 0.264 e. The van der Waals surface area contributed by atoms with Crippen LogP contribution in [0.1, 0.15) is 35.6 Å². The molecule has 3 heterocycles. The fraction of sp³-hybridized carbons (Fsp3) is 0.378. The Morgan fingerprint density at radius 1 is 1.02 bits per heavy atom. The Hall–Kier alpha value is -3.99. The zero-order valence-electron chi connectivity index (χ0n) is 27.7. The summed E-state index contributed by atoms with van der Waals surface area (Å²) < 4.78 is 5.65. The van der Waals surface area contributed by atoms with Crippen LogP contribution in [0, 0.1) is 5.92 Å². The first-order chi connectivity index (χ1) is 24.3. The van der Waals surface area contributed by atoms with Crippen molar-refractivity contribution in [2.45, 2.75) is 75.2 Å². The van der Waals surface area contributed by atoms with E-state index in [2.05, 4.69) is 21.2 Å². The molecule has 0 aliphatic carbocycles. The number of carbonyl (C=O) groups is 3. The lowest BCUT2D eigenvalue weighted by Crippen LogP contribution is -2.60. The lowest BCUT2D eigenvalue weighted by atomic mass is 9.83. The summed E-state index contributed by atoms with van der Waals surface area (Å²) in [5, 5.41) is 64.1. The van der Waals surface area contributed by atoms with Gasteiger partial charge in [-0.15, -0.1) is 0 Å². The van der Waals surface area contributed by atoms with E-state index >= 15 is 0 Å². The van der Waals surface area contributed by atoms with Gasteiger partial charge in [0.2, 0.25) is 5.91 Å². The average molecular weight is 767 g/mol. The van der Waals surface area contributed by atoms with Crippen LogP contribution < -0.4 is 10.2 Å². The molecule has 8 atom stereocenters. The molecular formula is C37H40BrN3O10. The largest absolute Gasteiger partial charge is 0.394 e. The Balaban J connectivity index is 1.13. The van der Waals surface area contributed by atoms with Gasteiger partial charge in [-0.25, -0.2) is 0 Å². The number of nitrogens with zero attached hydrogens (tertiary/aromatic N) is 2. The minimum atomic E-state index is -1.94. The fourth-order valence-electron chi connectivity index (χ4n) is 6.92. The maximum absolute atomic E-state index is 14.0. The lowest BCUT2D eigenvalue weighted by Gasteiger charge is -2.37. The molecule has 0 bridgehead atoms. The number of aliphatic hydroxyl groups excluding tert-OH is 5. The third kappa shape index (κ3) is 7.10. The number of ether oxygens (including phenoxy) is 1. The quantitative estimate of drug-likeness (QED) is 0.157. The summed E-state index contributed by atoms with van der Waals surface area (Å²) >= 11 is 3.45. The molecule has 7 N–H and O–H groups in total. The Morgan fingerprint density at radius 3 is 2.43 bits per heavy atom. The number of hydrogen-bond acceptors (Lipinski definition) is 10. The second kappa shape index (κ2) is 14.9. The molecule has 3 aliphatic rings. The van der Waals surface area contributed by atoms with Gasteiger partial charge in [0, 0.05) is 34.6 Å². The zero-order chi connectivity index (χ0) is 36.6. The number of hydrogen-bond donors (Lipinski definition) is 7. The summed E-state index contributed by atoms with van der Waals surface area (Å²) in [5.74, 6) is -2.29. The van der Waals surface area contributed by atoms with E-state index < -0.39 is 54.0 Å². The van der Waals surface area contributed by atoms with E-state index in [1.165, 1.54) is 4.90 Å². The van der Waals surface area contributed by atoms with Crippen LogP contribution in [0.5, 0.6) is 0 Å². The van der Waals surface area contributed by atoms with Crippen LogP contribution in [0.2, 0.25) is 0 Å². The minimum absolute atomic E-state index is 0.0279. The van der Waals surface area contributed by atoms with Crippen molar-refractivity contribution in [1.29, 1.82) is 0 Å². The molecule has 14 heteroatoms. The van der Waals surface area contributed by atoms with Crippen LogP contribution >= 0.6 is 15.9 Å². The number of anilines is 2. The number of aliphatic hydroxyl groups is 6. The first kappa shape index (κ1) is 36.8. The van der Waals surface area contributed by atoms with E-state index in [1.54, 1.807) is 66.4 Å². The number of carbonyl (C=O) groups excluding carboxylic acids is 3. The SMILES string of the molecule is C[C@@H](/C=C/CC(=O)N1Cc2ccccc2C[C@H]1CO)[C@]1(O)C(=O)N(Cc2ccc(NC(=O)[C@H]3O[C@@H](O)[C@H](O)[C@@H](O)[C@@H]3O)cc2)c2ccc(Br)cc21. The van der Waals surface area contributed by atoms with E-state index in [4.69, 9.17) is 4.74 Å². The van der Waals surface area contributed by atoms with Gasteiger partial charge in [-0.05, 0) is 53.4 Å². The molecule has 0 unspecified atom stereocenters. The second-order valence-corrected chi connectivity index (χ2v) is 14.1. The number of benzene rings is 3. The Morgan fingerprint density at radius 2 is 1.73 bits per heavy atom. The highest BCUT2D eigenvalue weighted by Gasteiger charge is 2.52. The maximum Gasteiger partial charge on any atom is 0.264 e. The van der Waals surface area contributed by atoms with Gasteiger partial charge in [0.1, 0.15) is 18.3 Å². The first-order valence-electron chi connectivity index (χ1n) is 16.6. The Bertz CT molecular complexity index is 1820. The van der Waals surface area contributed by atoms with Crippen LogP contribution in [0.15, 0.2) is 83.4 Å². The second-order valence-electron chi connectivity index (χ2n) is 13.2. The van der Waals surface area contributed by atoms with Gasteiger partial charge < -0.3 is 50.5 Å².